The van der Waals surface area contributed by atoms with E-state index >= 15 is 0 Å². The van der Waals surface area contributed by atoms with E-state index in [1.807, 2.05) is 59.7 Å². The molecule has 0 radical (unpaired) electrons. The molecule has 1 heteroatoms. The van der Waals surface area contributed by atoms with Gasteiger partial charge < -0.3 is 0 Å². The van der Waals surface area contributed by atoms with Crippen LogP contribution in [0.25, 0.3) is 0 Å². The second-order valence-electron chi connectivity index (χ2n) is 4.01. The maximum atomic E-state index is 14.2. The van der Waals surface area contributed by atoms with Crippen LogP contribution in [0.4, 0.5) is 4.39 Å². The third kappa shape index (κ3) is 8.68. The van der Waals surface area contributed by atoms with Crippen LogP contribution < -0.4 is 0 Å². The molecule has 0 fully saturated rings. The summed E-state index contributed by atoms with van der Waals surface area (Å²) in [7, 11) is 0. The van der Waals surface area contributed by atoms with Crippen molar-refractivity contribution in [2.45, 2.75) is 60.6 Å². The minimum Gasteiger partial charge on any atom is -0.239 e. The van der Waals surface area contributed by atoms with Gasteiger partial charge in [-0.15, -0.1) is 19.7 Å². The second kappa shape index (κ2) is 14.0. The van der Waals surface area contributed by atoms with Crippen molar-refractivity contribution in [3.05, 3.63) is 60.7 Å². The van der Waals surface area contributed by atoms with Gasteiger partial charge in [-0.2, -0.15) is 0 Å². The van der Waals surface area contributed by atoms with E-state index in [-0.39, 0.29) is 0 Å². The van der Waals surface area contributed by atoms with Crippen molar-refractivity contribution < 1.29 is 4.39 Å². The van der Waals surface area contributed by atoms with Gasteiger partial charge in [0.15, 0.2) is 0 Å². The molecule has 0 spiro atoms. The number of hydrogen-bond acceptors (Lipinski definition) is 0. The Morgan fingerprint density at radius 1 is 1.10 bits per heavy atom. The zero-order valence-electron chi connectivity index (χ0n) is 14.5. The fourth-order valence-corrected chi connectivity index (χ4v) is 1.68. The first-order valence-electron chi connectivity index (χ1n) is 7.35. The van der Waals surface area contributed by atoms with Gasteiger partial charge in [0.1, 0.15) is 5.67 Å². The fourth-order valence-electron chi connectivity index (χ4n) is 1.68. The minimum absolute atomic E-state index is 0.358. The SMILES string of the molecule is C=C.C=CCC(C)(F)c1cc(C)ccc1C.CC.CC. The Labute approximate surface area is 126 Å². The van der Waals surface area contributed by atoms with E-state index in [2.05, 4.69) is 19.7 Å². The zero-order valence-corrected chi connectivity index (χ0v) is 14.5. The Morgan fingerprint density at radius 3 is 1.95 bits per heavy atom. The van der Waals surface area contributed by atoms with Crippen LogP contribution in [-0.4, -0.2) is 0 Å². The second-order valence-corrected chi connectivity index (χ2v) is 4.01. The molecular weight excluding hydrogens is 247 g/mol. The van der Waals surface area contributed by atoms with Crippen LogP contribution >= 0.6 is 0 Å². The number of hydrogen-bond donors (Lipinski definition) is 0. The summed E-state index contributed by atoms with van der Waals surface area (Å²) >= 11 is 0. The largest absolute Gasteiger partial charge is 0.239 e. The molecule has 116 valence electrons. The molecule has 20 heavy (non-hydrogen) atoms. The summed E-state index contributed by atoms with van der Waals surface area (Å²) in [6, 6.07) is 5.88. The Hall–Kier alpha value is -1.37. The third-order valence-corrected chi connectivity index (χ3v) is 2.48. The highest BCUT2D eigenvalue weighted by Gasteiger charge is 2.25. The first-order valence-corrected chi connectivity index (χ1v) is 7.35. The van der Waals surface area contributed by atoms with Gasteiger partial charge in [-0.05, 0) is 31.9 Å². The van der Waals surface area contributed by atoms with Crippen molar-refractivity contribution in [1.29, 1.82) is 0 Å². The van der Waals surface area contributed by atoms with Crippen molar-refractivity contribution in [1.82, 2.24) is 0 Å². The molecule has 0 nitrogen and oxygen atoms in total. The number of allylic oxidation sites excluding steroid dienone is 1. The van der Waals surface area contributed by atoms with E-state index < -0.39 is 5.67 Å². The Bertz CT molecular complexity index is 351. The summed E-state index contributed by atoms with van der Waals surface area (Å²) < 4.78 is 14.2. The summed E-state index contributed by atoms with van der Waals surface area (Å²) in [5.41, 5.74) is 1.58. The highest BCUT2D eigenvalue weighted by atomic mass is 19.1. The average Bonchev–Trinajstić information content (AvgIpc) is 2.48. The fraction of sp³-hybridized carbons (Fsp3) is 0.474. The van der Waals surface area contributed by atoms with E-state index in [4.69, 9.17) is 0 Å². The Balaban J connectivity index is -0.000000425. The van der Waals surface area contributed by atoms with Crippen molar-refractivity contribution >= 4 is 0 Å². The molecule has 0 bridgehead atoms. The first-order chi connectivity index (χ1) is 9.47. The van der Waals surface area contributed by atoms with E-state index in [0.29, 0.717) is 6.42 Å². The molecule has 1 aromatic rings. The van der Waals surface area contributed by atoms with Crippen molar-refractivity contribution in [3.63, 3.8) is 0 Å². The van der Waals surface area contributed by atoms with E-state index in [9.17, 15) is 4.39 Å². The lowest BCUT2D eigenvalue weighted by Gasteiger charge is -2.21. The van der Waals surface area contributed by atoms with Crippen LogP contribution in [0.1, 0.15) is 57.7 Å². The van der Waals surface area contributed by atoms with E-state index in [1.54, 1.807) is 13.0 Å². The normalized spacial score (nSPS) is 11.2. The summed E-state index contributed by atoms with van der Waals surface area (Å²) in [6.07, 6.45) is 1.99. The molecule has 1 rings (SSSR count). The highest BCUT2D eigenvalue weighted by molar-refractivity contribution is 5.35. The monoisotopic (exact) mass is 280 g/mol. The van der Waals surface area contributed by atoms with Gasteiger partial charge in [-0.1, -0.05) is 57.5 Å². The lowest BCUT2D eigenvalue weighted by atomic mass is 9.89. The van der Waals surface area contributed by atoms with Crippen LogP contribution in [-0.2, 0) is 5.67 Å². The Morgan fingerprint density at radius 2 is 1.55 bits per heavy atom. The molecule has 0 aliphatic rings. The molecule has 1 aromatic carbocycles. The van der Waals surface area contributed by atoms with Crippen LogP contribution in [0.15, 0.2) is 44.0 Å². The number of alkyl halides is 1. The number of aryl methyl sites for hydroxylation is 2. The predicted octanol–water partition coefficient (Wildman–Crippen LogP) is 6.92. The lowest BCUT2D eigenvalue weighted by Crippen LogP contribution is -2.15. The number of rotatable bonds is 3. The zero-order chi connectivity index (χ0) is 16.8. The maximum absolute atomic E-state index is 14.2. The highest BCUT2D eigenvalue weighted by Crippen LogP contribution is 2.32. The van der Waals surface area contributed by atoms with Gasteiger partial charge in [0.05, 0.1) is 0 Å². The summed E-state index contributed by atoms with van der Waals surface area (Å²) in [6.45, 7) is 23.1. The maximum Gasteiger partial charge on any atom is 0.136 e. The van der Waals surface area contributed by atoms with Crippen molar-refractivity contribution in [3.8, 4) is 0 Å². The summed E-state index contributed by atoms with van der Waals surface area (Å²) in [5.74, 6) is 0. The molecule has 0 aliphatic carbocycles. The molecule has 0 saturated heterocycles. The smallest absolute Gasteiger partial charge is 0.136 e. The Kier molecular flexibility index (Phi) is 16.6. The first kappa shape index (κ1) is 23.7. The van der Waals surface area contributed by atoms with Gasteiger partial charge in [0, 0.05) is 6.42 Å². The minimum atomic E-state index is -1.29. The summed E-state index contributed by atoms with van der Waals surface area (Å²) in [5, 5.41) is 0. The standard InChI is InChI=1S/C13H17F.2C2H6.C2H4/c1-5-8-13(4,14)12-9-10(2)6-7-11(12)3;3*1-2/h5-7,9H,1,8H2,2-4H3;2*1-2H3;1-2H2. The molecule has 1 atom stereocenters. The van der Waals surface area contributed by atoms with Crippen LogP contribution in [0.3, 0.4) is 0 Å². The molecule has 0 heterocycles. The van der Waals surface area contributed by atoms with Gasteiger partial charge in [-0.25, -0.2) is 4.39 Å². The van der Waals surface area contributed by atoms with E-state index in [1.165, 1.54) is 0 Å². The molecular formula is C19H33F. The quantitative estimate of drug-likeness (QED) is 0.527. The van der Waals surface area contributed by atoms with Crippen LogP contribution in [0.5, 0.6) is 0 Å². The number of halogens is 1. The molecule has 1 unspecified atom stereocenters. The predicted molar refractivity (Wildman–Crippen MR) is 93.1 cm³/mol. The molecule has 0 amide bonds. The van der Waals surface area contributed by atoms with Gasteiger partial charge >= 0.3 is 0 Å². The topological polar surface area (TPSA) is 0 Å². The molecule has 0 saturated carbocycles. The van der Waals surface area contributed by atoms with Crippen molar-refractivity contribution in [2.75, 3.05) is 0 Å². The summed E-state index contributed by atoms with van der Waals surface area (Å²) in [4.78, 5) is 0. The van der Waals surface area contributed by atoms with Gasteiger partial charge in [-0.3, -0.25) is 0 Å². The van der Waals surface area contributed by atoms with Crippen LogP contribution in [0.2, 0.25) is 0 Å². The van der Waals surface area contributed by atoms with Crippen molar-refractivity contribution in [2.24, 2.45) is 0 Å². The molecule has 0 N–H and O–H groups in total. The third-order valence-electron chi connectivity index (χ3n) is 2.48. The average molecular weight is 280 g/mol. The van der Waals surface area contributed by atoms with E-state index in [0.717, 1.165) is 16.7 Å². The van der Waals surface area contributed by atoms with Gasteiger partial charge in [0.2, 0.25) is 0 Å². The number of benzene rings is 1. The van der Waals surface area contributed by atoms with Crippen LogP contribution in [0, 0.1) is 13.8 Å². The molecule has 0 aliphatic heterocycles. The molecule has 0 aromatic heterocycles. The van der Waals surface area contributed by atoms with Gasteiger partial charge in [0.25, 0.3) is 0 Å². The lowest BCUT2D eigenvalue weighted by molar-refractivity contribution is 0.195.